The SMILES string of the molecule is Cn1cccc1Cc1nnc(SCC(=O)NCc2ccco2)n1-c1ccc(Cl)cc1. The first-order valence-electron chi connectivity index (χ1n) is 9.32. The molecule has 154 valence electrons. The normalized spacial score (nSPS) is 11.0. The number of carbonyl (C=O) groups excluding carboxylic acids is 1. The van der Waals surface area contributed by atoms with E-state index in [9.17, 15) is 4.79 Å². The molecule has 1 amide bonds. The molecule has 0 unspecified atom stereocenters. The highest BCUT2D eigenvalue weighted by Crippen LogP contribution is 2.24. The molecule has 9 heteroatoms. The lowest BCUT2D eigenvalue weighted by atomic mass is 10.2. The van der Waals surface area contributed by atoms with E-state index in [-0.39, 0.29) is 11.7 Å². The highest BCUT2D eigenvalue weighted by atomic mass is 35.5. The van der Waals surface area contributed by atoms with Crippen LogP contribution in [0.3, 0.4) is 0 Å². The molecule has 30 heavy (non-hydrogen) atoms. The number of rotatable bonds is 8. The number of hydrogen-bond acceptors (Lipinski definition) is 5. The average Bonchev–Trinajstić information content (AvgIpc) is 3.48. The molecule has 0 aliphatic rings. The predicted octanol–water partition coefficient (Wildman–Crippen LogP) is 3.85. The Morgan fingerprint density at radius 3 is 2.70 bits per heavy atom. The Morgan fingerprint density at radius 2 is 2.00 bits per heavy atom. The molecule has 0 atom stereocenters. The summed E-state index contributed by atoms with van der Waals surface area (Å²) in [6, 6.07) is 15.1. The van der Waals surface area contributed by atoms with Crippen LogP contribution in [0.25, 0.3) is 5.69 Å². The van der Waals surface area contributed by atoms with E-state index < -0.39 is 0 Å². The smallest absolute Gasteiger partial charge is 0.230 e. The Bertz CT molecular complexity index is 1120. The minimum Gasteiger partial charge on any atom is -0.467 e. The van der Waals surface area contributed by atoms with Gasteiger partial charge in [-0.1, -0.05) is 23.4 Å². The van der Waals surface area contributed by atoms with Crippen LogP contribution >= 0.6 is 23.4 Å². The minimum atomic E-state index is -0.106. The maximum Gasteiger partial charge on any atom is 0.230 e. The van der Waals surface area contributed by atoms with Crippen molar-refractivity contribution in [3.8, 4) is 5.69 Å². The molecule has 0 bridgehead atoms. The highest BCUT2D eigenvalue weighted by Gasteiger charge is 2.17. The van der Waals surface area contributed by atoms with Crippen molar-refractivity contribution >= 4 is 29.3 Å². The fourth-order valence-corrected chi connectivity index (χ4v) is 3.91. The van der Waals surface area contributed by atoms with Crippen molar-refractivity contribution in [3.63, 3.8) is 0 Å². The van der Waals surface area contributed by atoms with E-state index in [0.29, 0.717) is 28.9 Å². The summed E-state index contributed by atoms with van der Waals surface area (Å²) in [5.74, 6) is 1.61. The van der Waals surface area contributed by atoms with Crippen molar-refractivity contribution in [1.82, 2.24) is 24.6 Å². The van der Waals surface area contributed by atoms with E-state index in [1.807, 2.05) is 54.2 Å². The van der Waals surface area contributed by atoms with Gasteiger partial charge in [0.15, 0.2) is 5.16 Å². The molecule has 4 rings (SSSR count). The van der Waals surface area contributed by atoms with Gasteiger partial charge in [0.05, 0.1) is 18.6 Å². The van der Waals surface area contributed by atoms with Gasteiger partial charge in [-0.3, -0.25) is 9.36 Å². The van der Waals surface area contributed by atoms with Crippen LogP contribution in [0.15, 0.2) is 70.6 Å². The third-order valence-corrected chi connectivity index (χ3v) is 5.73. The van der Waals surface area contributed by atoms with E-state index in [2.05, 4.69) is 26.1 Å². The molecule has 4 aromatic rings. The number of aromatic nitrogens is 4. The van der Waals surface area contributed by atoms with Gasteiger partial charge < -0.3 is 14.3 Å². The lowest BCUT2D eigenvalue weighted by Crippen LogP contribution is -2.24. The van der Waals surface area contributed by atoms with Crippen LogP contribution < -0.4 is 5.32 Å². The lowest BCUT2D eigenvalue weighted by molar-refractivity contribution is -0.118. The zero-order chi connectivity index (χ0) is 20.9. The molecule has 7 nitrogen and oxygen atoms in total. The standard InChI is InChI=1S/C21H20ClN5O2S/c1-26-10-2-4-17(26)12-19-24-25-21(27(19)16-8-6-15(22)7-9-16)30-14-20(28)23-13-18-5-3-11-29-18/h2-11H,12-14H2,1H3,(H,23,28). The van der Waals surface area contributed by atoms with Gasteiger partial charge in [0.1, 0.15) is 11.6 Å². The molecule has 0 saturated carbocycles. The van der Waals surface area contributed by atoms with E-state index >= 15 is 0 Å². The van der Waals surface area contributed by atoms with Gasteiger partial charge in [0, 0.05) is 36.1 Å². The molecule has 0 fully saturated rings. The molecule has 3 aromatic heterocycles. The van der Waals surface area contributed by atoms with Gasteiger partial charge in [-0.2, -0.15) is 0 Å². The van der Waals surface area contributed by atoms with E-state index in [1.165, 1.54) is 11.8 Å². The average molecular weight is 442 g/mol. The van der Waals surface area contributed by atoms with Gasteiger partial charge in [-0.25, -0.2) is 0 Å². The summed E-state index contributed by atoms with van der Waals surface area (Å²) in [4.78, 5) is 12.3. The second-order valence-electron chi connectivity index (χ2n) is 6.64. The quantitative estimate of drug-likeness (QED) is 0.420. The Morgan fingerprint density at radius 1 is 1.17 bits per heavy atom. The summed E-state index contributed by atoms with van der Waals surface area (Å²) in [5.41, 5.74) is 2.01. The van der Waals surface area contributed by atoms with E-state index in [1.54, 1.807) is 12.3 Å². The van der Waals surface area contributed by atoms with Crippen molar-refractivity contribution in [1.29, 1.82) is 0 Å². The van der Waals surface area contributed by atoms with Crippen LogP contribution in [-0.2, 0) is 24.8 Å². The van der Waals surface area contributed by atoms with Gasteiger partial charge in [0.2, 0.25) is 5.91 Å². The van der Waals surface area contributed by atoms with Crippen LogP contribution in [0.2, 0.25) is 5.02 Å². The topological polar surface area (TPSA) is 77.9 Å². The molecule has 1 N–H and O–H groups in total. The Labute approximate surface area is 183 Å². The molecule has 0 aliphatic carbocycles. The van der Waals surface area contributed by atoms with Crippen LogP contribution in [0.5, 0.6) is 0 Å². The lowest BCUT2D eigenvalue weighted by Gasteiger charge is -2.11. The number of furan rings is 1. The number of carbonyl (C=O) groups is 1. The van der Waals surface area contributed by atoms with Crippen LogP contribution in [0, 0.1) is 0 Å². The number of benzene rings is 1. The first-order valence-corrected chi connectivity index (χ1v) is 10.7. The summed E-state index contributed by atoms with van der Waals surface area (Å²) < 4.78 is 9.25. The number of thioether (sulfide) groups is 1. The van der Waals surface area contributed by atoms with Crippen molar-refractivity contribution in [2.75, 3.05) is 5.75 Å². The third-order valence-electron chi connectivity index (χ3n) is 4.55. The molecular weight excluding hydrogens is 422 g/mol. The largest absolute Gasteiger partial charge is 0.467 e. The number of nitrogens with zero attached hydrogens (tertiary/aromatic N) is 4. The first kappa shape index (κ1) is 20.3. The Kier molecular flexibility index (Phi) is 6.25. The number of hydrogen-bond donors (Lipinski definition) is 1. The van der Waals surface area contributed by atoms with Crippen molar-refractivity contribution < 1.29 is 9.21 Å². The second kappa shape index (κ2) is 9.23. The summed E-state index contributed by atoms with van der Waals surface area (Å²) in [7, 11) is 2.00. The summed E-state index contributed by atoms with van der Waals surface area (Å²) in [6.07, 6.45) is 4.20. The maximum absolute atomic E-state index is 12.3. The van der Waals surface area contributed by atoms with Gasteiger partial charge in [-0.15, -0.1) is 10.2 Å². The molecular formula is C21H20ClN5O2S. The highest BCUT2D eigenvalue weighted by molar-refractivity contribution is 7.99. The van der Waals surface area contributed by atoms with Crippen molar-refractivity contribution in [3.05, 3.63) is 83.3 Å². The fraction of sp³-hybridized carbons (Fsp3) is 0.190. The van der Waals surface area contributed by atoms with E-state index in [0.717, 1.165) is 17.2 Å². The Hall–Kier alpha value is -2.97. The molecule has 3 heterocycles. The molecule has 1 aromatic carbocycles. The zero-order valence-electron chi connectivity index (χ0n) is 16.3. The number of aryl methyl sites for hydroxylation is 1. The fourth-order valence-electron chi connectivity index (χ4n) is 2.98. The van der Waals surface area contributed by atoms with Crippen LogP contribution in [0.4, 0.5) is 0 Å². The van der Waals surface area contributed by atoms with Crippen LogP contribution in [0.1, 0.15) is 17.3 Å². The molecule has 0 spiro atoms. The first-order chi connectivity index (χ1) is 14.6. The third kappa shape index (κ3) is 4.77. The van der Waals surface area contributed by atoms with Gasteiger partial charge in [-0.05, 0) is 48.5 Å². The van der Waals surface area contributed by atoms with E-state index in [4.69, 9.17) is 16.0 Å². The minimum absolute atomic E-state index is 0.106. The van der Waals surface area contributed by atoms with Gasteiger partial charge in [0.25, 0.3) is 0 Å². The predicted molar refractivity (Wildman–Crippen MR) is 116 cm³/mol. The molecule has 0 saturated heterocycles. The monoisotopic (exact) mass is 441 g/mol. The van der Waals surface area contributed by atoms with Crippen molar-refractivity contribution in [2.45, 2.75) is 18.1 Å². The second-order valence-corrected chi connectivity index (χ2v) is 8.02. The molecule has 0 radical (unpaired) electrons. The zero-order valence-corrected chi connectivity index (χ0v) is 17.9. The summed E-state index contributed by atoms with van der Waals surface area (Å²) in [6.45, 7) is 0.356. The number of nitrogens with one attached hydrogen (secondary N) is 1. The van der Waals surface area contributed by atoms with Crippen LogP contribution in [-0.4, -0.2) is 31.0 Å². The maximum atomic E-state index is 12.3. The number of halogens is 1. The summed E-state index contributed by atoms with van der Waals surface area (Å²) in [5, 5.41) is 12.9. The van der Waals surface area contributed by atoms with Crippen molar-refractivity contribution in [2.24, 2.45) is 7.05 Å². The number of amides is 1. The molecule has 0 aliphatic heterocycles. The summed E-state index contributed by atoms with van der Waals surface area (Å²) >= 11 is 7.39. The Balaban J connectivity index is 1.52. The van der Waals surface area contributed by atoms with Gasteiger partial charge >= 0.3 is 0 Å².